The van der Waals surface area contributed by atoms with Crippen molar-refractivity contribution >= 4 is 27.7 Å². The number of benzene rings is 3. The Morgan fingerprint density at radius 1 is 0.941 bits per heavy atom. The van der Waals surface area contributed by atoms with Crippen LogP contribution in [0.4, 0.5) is 17.6 Å². The van der Waals surface area contributed by atoms with Crippen LogP contribution in [0.5, 0.6) is 0 Å². The molecule has 4 aromatic rings. The van der Waals surface area contributed by atoms with E-state index < -0.39 is 11.8 Å². The fourth-order valence-corrected chi connectivity index (χ4v) is 4.67. The molecule has 0 saturated heterocycles. The first-order valence-electron chi connectivity index (χ1n) is 10.1. The Kier molecular flexibility index (Phi) is 5.81. The summed E-state index contributed by atoms with van der Waals surface area (Å²) in [5.41, 5.74) is 0.625. The summed E-state index contributed by atoms with van der Waals surface area (Å²) in [6.07, 6.45) is -2.71. The van der Waals surface area contributed by atoms with Gasteiger partial charge in [0.15, 0.2) is 5.16 Å². The Morgan fingerprint density at radius 3 is 2.26 bits per heavy atom. The molecule has 5 rings (SSSR count). The van der Waals surface area contributed by atoms with E-state index in [2.05, 4.69) is 26.2 Å². The molecule has 0 atom stereocenters. The van der Waals surface area contributed by atoms with E-state index in [0.29, 0.717) is 16.6 Å². The van der Waals surface area contributed by atoms with Crippen LogP contribution in [0.2, 0.25) is 0 Å². The zero-order valence-electron chi connectivity index (χ0n) is 17.3. The Balaban J connectivity index is 1.41. The summed E-state index contributed by atoms with van der Waals surface area (Å²) in [6.45, 7) is 0. The molecule has 3 aromatic carbocycles. The smallest absolute Gasteiger partial charge is 0.294 e. The molecule has 0 fully saturated rings. The standard InChI is InChI=1S/C24H15BrF4N4S/c25-18-10-6-16(7-11-18)21-13-33(20-3-1-2-19(26)12-20)22(30-21)34-14-15-4-8-17(9-5-15)23(31-32-23)24(27,28)29/h1-13H,14H2. The van der Waals surface area contributed by atoms with Gasteiger partial charge in [-0.05, 0) is 35.9 Å². The molecular weight excluding hydrogens is 532 g/mol. The lowest BCUT2D eigenvalue weighted by atomic mass is 10.0. The summed E-state index contributed by atoms with van der Waals surface area (Å²) in [4.78, 5) is 4.74. The minimum Gasteiger partial charge on any atom is -0.294 e. The maximum atomic E-state index is 13.9. The summed E-state index contributed by atoms with van der Waals surface area (Å²) in [5.74, 6) is 0.0945. The molecule has 10 heteroatoms. The topological polar surface area (TPSA) is 42.5 Å². The van der Waals surface area contributed by atoms with E-state index in [1.165, 1.54) is 36.0 Å². The third-order valence-electron chi connectivity index (χ3n) is 5.32. The zero-order valence-corrected chi connectivity index (χ0v) is 19.7. The second-order valence-electron chi connectivity index (χ2n) is 7.62. The van der Waals surface area contributed by atoms with Crippen LogP contribution >= 0.6 is 27.7 Å². The number of thioether (sulfide) groups is 1. The number of alkyl halides is 3. The average Bonchev–Trinajstić information content (AvgIpc) is 3.53. The van der Waals surface area contributed by atoms with E-state index >= 15 is 0 Å². The molecule has 0 spiro atoms. The van der Waals surface area contributed by atoms with Crippen molar-refractivity contribution in [3.8, 4) is 16.9 Å². The van der Waals surface area contributed by atoms with Gasteiger partial charge in [0.1, 0.15) is 5.82 Å². The first-order chi connectivity index (χ1) is 16.2. The van der Waals surface area contributed by atoms with Crippen molar-refractivity contribution in [3.63, 3.8) is 0 Å². The van der Waals surface area contributed by atoms with Crippen molar-refractivity contribution < 1.29 is 17.6 Å². The van der Waals surface area contributed by atoms with Gasteiger partial charge in [-0.15, -0.1) is 10.2 Å². The lowest BCUT2D eigenvalue weighted by Gasteiger charge is -2.15. The molecule has 1 aromatic heterocycles. The van der Waals surface area contributed by atoms with Crippen molar-refractivity contribution in [2.24, 2.45) is 10.2 Å². The van der Waals surface area contributed by atoms with Gasteiger partial charge in [0.2, 0.25) is 0 Å². The summed E-state index contributed by atoms with van der Waals surface area (Å²) in [5, 5.41) is 7.10. The minimum atomic E-state index is -4.55. The molecule has 4 nitrogen and oxygen atoms in total. The van der Waals surface area contributed by atoms with E-state index in [9.17, 15) is 17.6 Å². The van der Waals surface area contributed by atoms with E-state index in [-0.39, 0.29) is 11.4 Å². The molecule has 0 amide bonds. The fourth-order valence-electron chi connectivity index (χ4n) is 3.46. The number of imidazole rings is 1. The van der Waals surface area contributed by atoms with Crippen LogP contribution in [0, 0.1) is 5.82 Å². The van der Waals surface area contributed by atoms with Gasteiger partial charge in [-0.2, -0.15) is 13.2 Å². The van der Waals surface area contributed by atoms with Crippen molar-refractivity contribution in [2.75, 3.05) is 0 Å². The third kappa shape index (κ3) is 4.39. The maximum Gasteiger partial charge on any atom is 0.442 e. The zero-order chi connectivity index (χ0) is 23.9. The first-order valence-corrected chi connectivity index (χ1v) is 11.9. The number of rotatable bonds is 6. The fraction of sp³-hybridized carbons (Fsp3) is 0.125. The average molecular weight is 547 g/mol. The quantitative estimate of drug-likeness (QED) is 0.182. The normalized spacial score (nSPS) is 14.4. The van der Waals surface area contributed by atoms with Gasteiger partial charge in [0.25, 0.3) is 0 Å². The van der Waals surface area contributed by atoms with Gasteiger partial charge in [-0.3, -0.25) is 4.57 Å². The Hall–Kier alpha value is -2.98. The van der Waals surface area contributed by atoms with Gasteiger partial charge in [0, 0.05) is 27.5 Å². The van der Waals surface area contributed by atoms with Gasteiger partial charge >= 0.3 is 11.8 Å². The molecule has 1 aliphatic rings. The lowest BCUT2D eigenvalue weighted by molar-refractivity contribution is -0.166. The molecule has 0 saturated carbocycles. The second-order valence-corrected chi connectivity index (χ2v) is 9.48. The van der Waals surface area contributed by atoms with E-state index in [4.69, 9.17) is 4.98 Å². The molecule has 0 bridgehead atoms. The highest BCUT2D eigenvalue weighted by Crippen LogP contribution is 2.52. The monoisotopic (exact) mass is 546 g/mol. The van der Waals surface area contributed by atoms with Crippen LogP contribution in [-0.2, 0) is 11.4 Å². The molecule has 0 N–H and O–H groups in total. The highest BCUT2D eigenvalue weighted by molar-refractivity contribution is 9.10. The number of hydrogen-bond donors (Lipinski definition) is 0. The van der Waals surface area contributed by atoms with Crippen molar-refractivity contribution in [1.82, 2.24) is 9.55 Å². The van der Waals surface area contributed by atoms with E-state index in [1.54, 1.807) is 28.8 Å². The molecule has 0 radical (unpaired) electrons. The third-order valence-corrected chi connectivity index (χ3v) is 6.87. The van der Waals surface area contributed by atoms with Crippen LogP contribution in [0.15, 0.2) is 98.9 Å². The van der Waals surface area contributed by atoms with Crippen molar-refractivity contribution in [3.05, 3.63) is 100 Å². The Bertz CT molecular complexity index is 1360. The molecule has 2 heterocycles. The van der Waals surface area contributed by atoms with Crippen LogP contribution in [0.3, 0.4) is 0 Å². The summed E-state index contributed by atoms with van der Waals surface area (Å²) in [7, 11) is 0. The molecule has 172 valence electrons. The molecular formula is C24H15BrF4N4S. The molecule has 1 aliphatic heterocycles. The lowest BCUT2D eigenvalue weighted by Crippen LogP contribution is -2.30. The Morgan fingerprint density at radius 2 is 1.65 bits per heavy atom. The van der Waals surface area contributed by atoms with Crippen LogP contribution < -0.4 is 0 Å². The van der Waals surface area contributed by atoms with Gasteiger partial charge in [0.05, 0.1) is 11.4 Å². The second kappa shape index (κ2) is 8.66. The highest BCUT2D eigenvalue weighted by Gasteiger charge is 2.65. The van der Waals surface area contributed by atoms with E-state index in [0.717, 1.165) is 21.3 Å². The maximum absolute atomic E-state index is 13.9. The predicted octanol–water partition coefficient (Wildman–Crippen LogP) is 7.91. The number of nitrogens with zero attached hydrogens (tertiary/aromatic N) is 4. The molecule has 0 unspecified atom stereocenters. The largest absolute Gasteiger partial charge is 0.442 e. The minimum absolute atomic E-state index is 0.00691. The van der Waals surface area contributed by atoms with Crippen LogP contribution in [0.25, 0.3) is 16.9 Å². The van der Waals surface area contributed by atoms with Crippen LogP contribution in [0.1, 0.15) is 11.1 Å². The number of aromatic nitrogens is 2. The number of hydrogen-bond acceptors (Lipinski definition) is 4. The predicted molar refractivity (Wildman–Crippen MR) is 125 cm³/mol. The van der Waals surface area contributed by atoms with Crippen molar-refractivity contribution in [1.29, 1.82) is 0 Å². The first kappa shape index (κ1) is 22.8. The van der Waals surface area contributed by atoms with Gasteiger partial charge < -0.3 is 0 Å². The summed E-state index contributed by atoms with van der Waals surface area (Å²) < 4.78 is 56.3. The highest BCUT2D eigenvalue weighted by atomic mass is 79.9. The van der Waals surface area contributed by atoms with Gasteiger partial charge in [-0.1, -0.05) is 70.2 Å². The number of halogens is 5. The molecule has 34 heavy (non-hydrogen) atoms. The van der Waals surface area contributed by atoms with E-state index in [1.807, 2.05) is 30.5 Å². The van der Waals surface area contributed by atoms with Crippen LogP contribution in [-0.4, -0.2) is 15.7 Å². The SMILES string of the molecule is Fc1cccc(-n2cc(-c3ccc(Br)cc3)nc2SCc2ccc(C3(C(F)(F)F)N=N3)cc2)c1. The van der Waals surface area contributed by atoms with Crippen molar-refractivity contribution in [2.45, 2.75) is 22.7 Å². The Labute approximate surface area is 204 Å². The summed E-state index contributed by atoms with van der Waals surface area (Å²) in [6, 6.07) is 19.9. The summed E-state index contributed by atoms with van der Waals surface area (Å²) >= 11 is 4.82. The van der Waals surface area contributed by atoms with Gasteiger partial charge in [-0.25, -0.2) is 9.37 Å². The molecule has 0 aliphatic carbocycles.